The maximum Gasteiger partial charge on any atom is 0.231 e. The lowest BCUT2D eigenvalue weighted by atomic mass is 10.1. The molecule has 0 aliphatic carbocycles. The molecule has 1 N–H and O–H groups in total. The van der Waals surface area contributed by atoms with Crippen LogP contribution in [-0.4, -0.2) is 37.1 Å². The predicted octanol–water partition coefficient (Wildman–Crippen LogP) is 3.70. The van der Waals surface area contributed by atoms with Crippen LogP contribution in [0.1, 0.15) is 13.3 Å². The van der Waals surface area contributed by atoms with Gasteiger partial charge in [-0.1, -0.05) is 17.4 Å². The first-order valence-electron chi connectivity index (χ1n) is 9.36. The maximum atomic E-state index is 12.7. The average Bonchev–Trinajstić information content (AvgIpc) is 3.30. The van der Waals surface area contributed by atoms with E-state index in [1.54, 1.807) is 18.1 Å². The molecule has 0 saturated carbocycles. The van der Waals surface area contributed by atoms with Crippen molar-refractivity contribution >= 4 is 44.2 Å². The summed E-state index contributed by atoms with van der Waals surface area (Å²) in [5.41, 5.74) is 1.53. The molecule has 1 aliphatic heterocycles. The van der Waals surface area contributed by atoms with E-state index in [1.807, 2.05) is 43.3 Å². The van der Waals surface area contributed by atoms with Gasteiger partial charge in [-0.3, -0.25) is 9.59 Å². The number of hydrogen-bond acceptors (Lipinski definition) is 6. The molecule has 0 radical (unpaired) electrons. The van der Waals surface area contributed by atoms with Crippen molar-refractivity contribution < 1.29 is 19.1 Å². The second-order valence-electron chi connectivity index (χ2n) is 6.68. The number of nitrogens with zero attached hydrogens (tertiary/aromatic N) is 2. The Labute approximate surface area is 172 Å². The van der Waals surface area contributed by atoms with Gasteiger partial charge in [0.05, 0.1) is 29.9 Å². The largest absolute Gasteiger partial charge is 0.497 e. The number of nitrogens with one attached hydrogen (secondary N) is 1. The van der Waals surface area contributed by atoms with Crippen LogP contribution in [-0.2, 0) is 9.59 Å². The fourth-order valence-electron chi connectivity index (χ4n) is 3.33. The van der Waals surface area contributed by atoms with Gasteiger partial charge in [0.25, 0.3) is 0 Å². The van der Waals surface area contributed by atoms with Crippen molar-refractivity contribution in [2.45, 2.75) is 13.3 Å². The number of aromatic nitrogens is 1. The van der Waals surface area contributed by atoms with E-state index >= 15 is 0 Å². The molecule has 0 bridgehead atoms. The first kappa shape index (κ1) is 19.2. The van der Waals surface area contributed by atoms with Crippen LogP contribution in [0.4, 0.5) is 10.8 Å². The van der Waals surface area contributed by atoms with Gasteiger partial charge < -0.3 is 19.7 Å². The van der Waals surface area contributed by atoms with Gasteiger partial charge in [-0.25, -0.2) is 4.98 Å². The molecule has 0 spiro atoms. The molecule has 2 aromatic carbocycles. The molecule has 2 amide bonds. The second kappa shape index (κ2) is 8.08. The molecule has 1 saturated heterocycles. The molecule has 1 atom stereocenters. The summed E-state index contributed by atoms with van der Waals surface area (Å²) >= 11 is 1.39. The molecule has 1 aromatic heterocycles. The minimum absolute atomic E-state index is 0.0796. The first-order chi connectivity index (χ1) is 14.1. The average molecular weight is 411 g/mol. The van der Waals surface area contributed by atoms with Crippen LogP contribution < -0.4 is 19.7 Å². The SMILES string of the molecule is CCOc1ccc2nc(NC(=O)[C@@H]3CC(=O)N(c4cccc(OC)c4)C3)sc2c1. The number of rotatable bonds is 6. The Morgan fingerprint density at radius 2 is 2.14 bits per heavy atom. The zero-order valence-corrected chi connectivity index (χ0v) is 17.0. The molecule has 3 aromatic rings. The molecule has 0 unspecified atom stereocenters. The Balaban J connectivity index is 1.46. The van der Waals surface area contributed by atoms with Gasteiger partial charge >= 0.3 is 0 Å². The Kier molecular flexibility index (Phi) is 5.35. The minimum atomic E-state index is -0.431. The highest BCUT2D eigenvalue weighted by Gasteiger charge is 2.35. The van der Waals surface area contributed by atoms with E-state index in [-0.39, 0.29) is 18.2 Å². The van der Waals surface area contributed by atoms with Gasteiger partial charge in [-0.2, -0.15) is 0 Å². The van der Waals surface area contributed by atoms with Gasteiger partial charge in [0.1, 0.15) is 11.5 Å². The predicted molar refractivity (Wildman–Crippen MR) is 113 cm³/mol. The van der Waals surface area contributed by atoms with E-state index in [0.717, 1.165) is 21.7 Å². The third kappa shape index (κ3) is 4.02. The van der Waals surface area contributed by atoms with Crippen molar-refractivity contribution in [2.75, 3.05) is 30.5 Å². The Bertz CT molecular complexity index is 1070. The molecule has 4 rings (SSSR count). The normalized spacial score (nSPS) is 16.3. The van der Waals surface area contributed by atoms with Crippen LogP contribution in [0.5, 0.6) is 11.5 Å². The van der Waals surface area contributed by atoms with E-state index in [4.69, 9.17) is 9.47 Å². The molecule has 2 heterocycles. The minimum Gasteiger partial charge on any atom is -0.497 e. The Morgan fingerprint density at radius 3 is 2.93 bits per heavy atom. The monoisotopic (exact) mass is 411 g/mol. The number of carbonyl (C=O) groups excluding carboxylic acids is 2. The number of fused-ring (bicyclic) bond motifs is 1. The molecular formula is C21H21N3O4S. The van der Waals surface area contributed by atoms with Crippen LogP contribution in [0.15, 0.2) is 42.5 Å². The van der Waals surface area contributed by atoms with Gasteiger partial charge in [-0.15, -0.1) is 0 Å². The third-order valence-electron chi connectivity index (χ3n) is 4.76. The second-order valence-corrected chi connectivity index (χ2v) is 7.71. The standard InChI is InChI=1S/C21H21N3O4S/c1-3-28-16-7-8-17-18(11-16)29-21(22-17)23-20(26)13-9-19(25)24(12-13)14-5-4-6-15(10-14)27-2/h4-8,10-11,13H,3,9,12H2,1-2H3,(H,22,23,26)/t13-/m1/s1. The Hall–Kier alpha value is -3.13. The Morgan fingerprint density at radius 1 is 1.28 bits per heavy atom. The highest BCUT2D eigenvalue weighted by molar-refractivity contribution is 7.22. The zero-order valence-electron chi connectivity index (χ0n) is 16.2. The van der Waals surface area contributed by atoms with Gasteiger partial charge in [0.15, 0.2) is 5.13 Å². The van der Waals surface area contributed by atoms with Crippen molar-refractivity contribution in [1.82, 2.24) is 4.98 Å². The highest BCUT2D eigenvalue weighted by atomic mass is 32.1. The maximum absolute atomic E-state index is 12.7. The summed E-state index contributed by atoms with van der Waals surface area (Å²) in [5.74, 6) is 0.734. The van der Waals surface area contributed by atoms with Crippen molar-refractivity contribution in [3.63, 3.8) is 0 Å². The smallest absolute Gasteiger partial charge is 0.231 e. The molecule has 1 fully saturated rings. The van der Waals surface area contributed by atoms with Gasteiger partial charge in [0.2, 0.25) is 11.8 Å². The molecule has 29 heavy (non-hydrogen) atoms. The number of anilines is 2. The summed E-state index contributed by atoms with van der Waals surface area (Å²) in [6.45, 7) is 2.85. The van der Waals surface area contributed by atoms with E-state index in [1.165, 1.54) is 11.3 Å². The summed E-state index contributed by atoms with van der Waals surface area (Å²) in [5, 5.41) is 3.38. The van der Waals surface area contributed by atoms with Crippen LogP contribution in [0.25, 0.3) is 10.2 Å². The fourth-order valence-corrected chi connectivity index (χ4v) is 4.23. The fraction of sp³-hybridized carbons (Fsp3) is 0.286. The van der Waals surface area contributed by atoms with Crippen LogP contribution >= 0.6 is 11.3 Å². The van der Waals surface area contributed by atoms with E-state index in [9.17, 15) is 9.59 Å². The lowest BCUT2D eigenvalue weighted by Crippen LogP contribution is -2.28. The molecular weight excluding hydrogens is 390 g/mol. The highest BCUT2D eigenvalue weighted by Crippen LogP contribution is 2.31. The molecule has 7 nitrogen and oxygen atoms in total. The quantitative estimate of drug-likeness (QED) is 0.669. The molecule has 1 aliphatic rings. The summed E-state index contributed by atoms with van der Waals surface area (Å²) in [6, 6.07) is 12.9. The number of carbonyl (C=O) groups is 2. The first-order valence-corrected chi connectivity index (χ1v) is 10.2. The van der Waals surface area contributed by atoms with Crippen molar-refractivity contribution in [2.24, 2.45) is 5.92 Å². The van der Waals surface area contributed by atoms with Crippen molar-refractivity contribution in [3.8, 4) is 11.5 Å². The summed E-state index contributed by atoms with van der Waals surface area (Å²) in [4.78, 5) is 31.3. The lowest BCUT2D eigenvalue weighted by molar-refractivity contribution is -0.122. The van der Waals surface area contributed by atoms with Crippen LogP contribution in [0.3, 0.4) is 0 Å². The van der Waals surface area contributed by atoms with E-state index in [0.29, 0.717) is 24.0 Å². The number of ether oxygens (including phenoxy) is 2. The zero-order chi connectivity index (χ0) is 20.4. The van der Waals surface area contributed by atoms with Gasteiger partial charge in [0, 0.05) is 24.7 Å². The topological polar surface area (TPSA) is 80.8 Å². The number of amides is 2. The van der Waals surface area contributed by atoms with Gasteiger partial charge in [-0.05, 0) is 37.3 Å². The summed E-state index contributed by atoms with van der Waals surface area (Å²) in [7, 11) is 1.58. The van der Waals surface area contributed by atoms with Crippen molar-refractivity contribution in [3.05, 3.63) is 42.5 Å². The van der Waals surface area contributed by atoms with E-state index < -0.39 is 5.92 Å². The van der Waals surface area contributed by atoms with E-state index in [2.05, 4.69) is 10.3 Å². The number of thiazole rings is 1. The van der Waals surface area contributed by atoms with Crippen LogP contribution in [0.2, 0.25) is 0 Å². The summed E-state index contributed by atoms with van der Waals surface area (Å²) in [6.07, 6.45) is 0.169. The number of methoxy groups -OCH3 is 1. The lowest BCUT2D eigenvalue weighted by Gasteiger charge is -2.17. The van der Waals surface area contributed by atoms with Crippen molar-refractivity contribution in [1.29, 1.82) is 0 Å². The summed E-state index contributed by atoms with van der Waals surface area (Å²) < 4.78 is 11.7. The molecule has 150 valence electrons. The number of benzene rings is 2. The third-order valence-corrected chi connectivity index (χ3v) is 5.70. The number of hydrogen-bond donors (Lipinski definition) is 1. The van der Waals surface area contributed by atoms with Crippen LogP contribution in [0, 0.1) is 5.92 Å². The molecule has 8 heteroatoms.